The van der Waals surface area contributed by atoms with Gasteiger partial charge in [0.05, 0.1) is 16.3 Å². The first-order chi connectivity index (χ1) is 15.8. The molecular formula is C22H18F3N3O3S2. The van der Waals surface area contributed by atoms with Crippen molar-refractivity contribution in [3.05, 3.63) is 83.2 Å². The summed E-state index contributed by atoms with van der Waals surface area (Å²) in [6.07, 6.45) is 0.311. The molecule has 0 unspecified atom stereocenters. The summed E-state index contributed by atoms with van der Waals surface area (Å²) < 4.78 is 71.4. The highest BCUT2D eigenvalue weighted by atomic mass is 32.2. The number of para-hydroxylation sites is 2. The van der Waals surface area contributed by atoms with Crippen molar-refractivity contribution >= 4 is 21.2 Å². The number of nitrogens with zero attached hydrogens (tertiary/aromatic N) is 3. The molecule has 0 fully saturated rings. The van der Waals surface area contributed by atoms with E-state index in [9.17, 15) is 21.6 Å². The van der Waals surface area contributed by atoms with Crippen molar-refractivity contribution < 1.29 is 26.3 Å². The third-order valence-corrected chi connectivity index (χ3v) is 7.13. The van der Waals surface area contributed by atoms with Gasteiger partial charge in [0.15, 0.2) is 26.6 Å². The second kappa shape index (κ2) is 9.75. The van der Waals surface area contributed by atoms with Crippen molar-refractivity contribution in [3.8, 4) is 22.1 Å². The zero-order chi connectivity index (χ0) is 23.4. The third kappa shape index (κ3) is 5.60. The normalized spacial score (nSPS) is 11.8. The van der Waals surface area contributed by atoms with Crippen LogP contribution in [0.25, 0.3) is 16.4 Å². The van der Waals surface area contributed by atoms with Gasteiger partial charge in [0, 0.05) is 0 Å². The predicted molar refractivity (Wildman–Crippen MR) is 119 cm³/mol. The van der Waals surface area contributed by atoms with Gasteiger partial charge < -0.3 is 4.74 Å². The van der Waals surface area contributed by atoms with Crippen LogP contribution in [0, 0.1) is 5.13 Å². The van der Waals surface area contributed by atoms with Gasteiger partial charge in [-0.3, -0.25) is 4.57 Å². The van der Waals surface area contributed by atoms with E-state index in [4.69, 9.17) is 0 Å². The first-order valence-electron chi connectivity index (χ1n) is 9.81. The minimum Gasteiger partial charge on any atom is -0.433 e. The fraction of sp³-hybridized carbons (Fsp3) is 0.182. The number of aromatic nitrogens is 3. The molecule has 0 aliphatic heterocycles. The highest BCUT2D eigenvalue weighted by Crippen LogP contribution is 2.33. The summed E-state index contributed by atoms with van der Waals surface area (Å²) in [7, 11) is -3.65. The Morgan fingerprint density at radius 3 is 2.39 bits per heavy atom. The molecule has 6 nitrogen and oxygen atoms in total. The summed E-state index contributed by atoms with van der Waals surface area (Å²) in [5.41, 5.74) is 0.993. The van der Waals surface area contributed by atoms with E-state index >= 15 is 0 Å². The van der Waals surface area contributed by atoms with Gasteiger partial charge in [-0.1, -0.05) is 42.5 Å². The lowest BCUT2D eigenvalue weighted by atomic mass is 10.2. The summed E-state index contributed by atoms with van der Waals surface area (Å²) in [5.74, 6) is -0.667. The van der Waals surface area contributed by atoms with Gasteiger partial charge in [0.25, 0.3) is 0 Å². The molecule has 0 aliphatic rings. The lowest BCUT2D eigenvalue weighted by Crippen LogP contribution is -2.16. The molecule has 2 heterocycles. The van der Waals surface area contributed by atoms with Gasteiger partial charge in [-0.15, -0.1) is 21.5 Å². The molecule has 0 saturated carbocycles. The monoisotopic (exact) mass is 493 g/mol. The summed E-state index contributed by atoms with van der Waals surface area (Å²) in [5, 5.41) is 7.58. The maximum Gasteiger partial charge on any atom is 0.387 e. The largest absolute Gasteiger partial charge is 0.433 e. The molecule has 0 N–H and O–H groups in total. The van der Waals surface area contributed by atoms with Crippen molar-refractivity contribution in [2.45, 2.75) is 18.8 Å². The summed E-state index contributed by atoms with van der Waals surface area (Å²) in [6, 6.07) is 17.7. The molecule has 0 saturated heterocycles. The number of alkyl halides is 2. The minimum absolute atomic E-state index is 0.0113. The number of hydrogen-bond acceptors (Lipinski definition) is 6. The Labute approximate surface area is 192 Å². The molecule has 4 aromatic rings. The van der Waals surface area contributed by atoms with Gasteiger partial charge in [0.2, 0.25) is 0 Å². The Morgan fingerprint density at radius 1 is 0.970 bits per heavy atom. The first-order valence-corrected chi connectivity index (χ1v) is 12.4. The maximum absolute atomic E-state index is 13.7. The topological polar surface area (TPSA) is 74.1 Å². The first kappa shape index (κ1) is 23.0. The van der Waals surface area contributed by atoms with Crippen LogP contribution in [0.5, 0.6) is 5.75 Å². The highest BCUT2D eigenvalue weighted by molar-refractivity contribution is 7.90. The van der Waals surface area contributed by atoms with Gasteiger partial charge in [-0.05, 0) is 36.2 Å². The summed E-state index contributed by atoms with van der Waals surface area (Å²) in [4.78, 5) is 0.361. The Kier molecular flexibility index (Phi) is 6.80. The molecule has 0 bridgehead atoms. The fourth-order valence-electron chi connectivity index (χ4n) is 3.28. The van der Waals surface area contributed by atoms with Crippen molar-refractivity contribution in [3.63, 3.8) is 0 Å². The van der Waals surface area contributed by atoms with E-state index in [1.807, 2.05) is 30.3 Å². The molecule has 33 heavy (non-hydrogen) atoms. The van der Waals surface area contributed by atoms with Crippen molar-refractivity contribution in [2.24, 2.45) is 0 Å². The van der Waals surface area contributed by atoms with Crippen LogP contribution in [-0.4, -0.2) is 35.5 Å². The number of ether oxygens (including phenoxy) is 1. The fourth-order valence-corrected chi connectivity index (χ4v) is 5.26. The molecule has 0 atom stereocenters. The SMILES string of the molecule is O=S(=O)(CCc1ccccc1)Cc1nnc(-c2ccc(F)s2)n1-c1ccccc1OC(F)F. The number of benzene rings is 2. The van der Waals surface area contributed by atoms with E-state index in [0.29, 0.717) is 11.3 Å². The van der Waals surface area contributed by atoms with Crippen molar-refractivity contribution in [1.29, 1.82) is 0 Å². The molecule has 2 aromatic carbocycles. The molecular weight excluding hydrogens is 475 g/mol. The van der Waals surface area contributed by atoms with Crippen LogP contribution in [0.3, 0.4) is 0 Å². The number of sulfone groups is 1. The van der Waals surface area contributed by atoms with E-state index in [1.54, 1.807) is 6.07 Å². The smallest absolute Gasteiger partial charge is 0.387 e. The molecule has 172 valence electrons. The third-order valence-electron chi connectivity index (χ3n) is 4.74. The van der Waals surface area contributed by atoms with Crippen LogP contribution < -0.4 is 4.74 Å². The van der Waals surface area contributed by atoms with E-state index in [2.05, 4.69) is 14.9 Å². The Bertz CT molecular complexity index is 1340. The van der Waals surface area contributed by atoms with Gasteiger partial charge in [0.1, 0.15) is 11.5 Å². The number of rotatable bonds is 9. The summed E-state index contributed by atoms with van der Waals surface area (Å²) >= 11 is 0.780. The Morgan fingerprint density at radius 2 is 1.70 bits per heavy atom. The second-order valence-corrected chi connectivity index (χ2v) is 10.3. The minimum atomic E-state index is -3.65. The van der Waals surface area contributed by atoms with Crippen LogP contribution in [0.15, 0.2) is 66.7 Å². The standard InChI is InChI=1S/C22H18F3N3O3S2/c23-19-11-10-18(32-19)21-27-26-20(14-33(29,30)13-12-15-6-2-1-3-7-15)28(21)16-8-4-5-9-17(16)31-22(24)25/h1-11,22H,12-14H2. The zero-order valence-corrected chi connectivity index (χ0v) is 18.7. The van der Waals surface area contributed by atoms with Gasteiger partial charge >= 0.3 is 6.61 Å². The second-order valence-electron chi connectivity index (χ2n) is 7.05. The van der Waals surface area contributed by atoms with Crippen LogP contribution in [0.2, 0.25) is 0 Å². The van der Waals surface area contributed by atoms with Crippen LogP contribution in [0.1, 0.15) is 11.4 Å². The van der Waals surface area contributed by atoms with Crippen molar-refractivity contribution in [1.82, 2.24) is 14.8 Å². The predicted octanol–water partition coefficient (Wildman–Crippen LogP) is 4.89. The lowest BCUT2D eigenvalue weighted by Gasteiger charge is -2.15. The molecule has 11 heteroatoms. The van der Waals surface area contributed by atoms with E-state index in [0.717, 1.165) is 16.9 Å². The van der Waals surface area contributed by atoms with Gasteiger partial charge in [-0.2, -0.15) is 13.2 Å². The van der Waals surface area contributed by atoms with E-state index in [1.165, 1.54) is 34.9 Å². The lowest BCUT2D eigenvalue weighted by molar-refractivity contribution is -0.0498. The quantitative estimate of drug-likeness (QED) is 0.332. The maximum atomic E-state index is 13.7. The number of hydrogen-bond donors (Lipinski definition) is 0. The van der Waals surface area contributed by atoms with E-state index < -0.39 is 27.3 Å². The zero-order valence-electron chi connectivity index (χ0n) is 17.1. The van der Waals surface area contributed by atoms with Crippen LogP contribution >= 0.6 is 11.3 Å². The molecule has 0 aliphatic carbocycles. The van der Waals surface area contributed by atoms with Gasteiger partial charge in [-0.25, -0.2) is 8.42 Å². The molecule has 0 spiro atoms. The number of thiophene rings is 1. The highest BCUT2D eigenvalue weighted by Gasteiger charge is 2.24. The molecule has 4 rings (SSSR count). The average molecular weight is 494 g/mol. The summed E-state index contributed by atoms with van der Waals surface area (Å²) in [6.45, 7) is -3.09. The average Bonchev–Trinajstić information content (AvgIpc) is 3.39. The van der Waals surface area contributed by atoms with Crippen LogP contribution in [0.4, 0.5) is 13.2 Å². The molecule has 0 amide bonds. The number of halogens is 3. The molecule has 0 radical (unpaired) electrons. The van der Waals surface area contributed by atoms with E-state index in [-0.39, 0.29) is 28.8 Å². The molecule has 2 aromatic heterocycles. The Balaban J connectivity index is 1.73. The van der Waals surface area contributed by atoms with Crippen LogP contribution in [-0.2, 0) is 22.0 Å². The van der Waals surface area contributed by atoms with Crippen molar-refractivity contribution in [2.75, 3.05) is 5.75 Å². The Hall–Kier alpha value is -3.18. The number of aryl methyl sites for hydroxylation is 1.